The summed E-state index contributed by atoms with van der Waals surface area (Å²) in [5.41, 5.74) is 0. The van der Waals surface area contributed by atoms with Crippen molar-refractivity contribution in [2.45, 2.75) is 76.8 Å². The number of ether oxygens (including phenoxy) is 1. The molecule has 1 saturated carbocycles. The van der Waals surface area contributed by atoms with E-state index in [1.165, 1.54) is 84.0 Å². The number of methoxy groups -OCH3 is 1. The minimum atomic E-state index is 0.573. The van der Waals surface area contributed by atoms with E-state index in [2.05, 4.69) is 27.4 Å². The summed E-state index contributed by atoms with van der Waals surface area (Å²) < 4.78 is 5.21. The van der Waals surface area contributed by atoms with Crippen LogP contribution < -0.4 is 10.6 Å². The van der Waals surface area contributed by atoms with Gasteiger partial charge < -0.3 is 25.2 Å². The molecule has 2 N–H and O–H groups in total. The number of aliphatic imine (C=N–C) groups is 1. The highest BCUT2D eigenvalue weighted by Crippen LogP contribution is 2.25. The van der Waals surface area contributed by atoms with E-state index in [0.717, 1.165) is 44.2 Å². The number of nitrogens with one attached hydrogen (secondary N) is 2. The Bertz CT molecular complexity index is 464. The first-order chi connectivity index (χ1) is 14.3. The topological polar surface area (TPSA) is 52.1 Å². The number of likely N-dealkylation sites (tertiary alicyclic amines) is 2. The smallest absolute Gasteiger partial charge is 0.191 e. The summed E-state index contributed by atoms with van der Waals surface area (Å²) in [5, 5.41) is 7.22. The molecule has 3 aliphatic rings. The average molecular weight is 408 g/mol. The molecule has 168 valence electrons. The van der Waals surface area contributed by atoms with Crippen LogP contribution in [-0.2, 0) is 4.74 Å². The number of piperidine rings is 2. The summed E-state index contributed by atoms with van der Waals surface area (Å²) in [7, 11) is 1.79. The number of hydrogen-bond acceptors (Lipinski definition) is 4. The highest BCUT2D eigenvalue weighted by Gasteiger charge is 2.26. The molecule has 0 unspecified atom stereocenters. The van der Waals surface area contributed by atoms with Crippen molar-refractivity contribution in [1.29, 1.82) is 0 Å². The van der Waals surface area contributed by atoms with Gasteiger partial charge in [0.05, 0.1) is 6.61 Å². The first kappa shape index (κ1) is 22.8. The van der Waals surface area contributed by atoms with Crippen LogP contribution >= 0.6 is 0 Å². The summed E-state index contributed by atoms with van der Waals surface area (Å²) in [6.45, 7) is 10.8. The van der Waals surface area contributed by atoms with E-state index in [9.17, 15) is 0 Å². The summed E-state index contributed by atoms with van der Waals surface area (Å²) >= 11 is 0. The van der Waals surface area contributed by atoms with Gasteiger partial charge in [0.15, 0.2) is 5.96 Å². The third-order valence-corrected chi connectivity index (χ3v) is 7.13. The lowest BCUT2D eigenvalue weighted by Crippen LogP contribution is -2.51. The second-order valence-electron chi connectivity index (χ2n) is 9.24. The Kier molecular flexibility index (Phi) is 10.0. The lowest BCUT2D eigenvalue weighted by Gasteiger charge is -2.39. The quantitative estimate of drug-likeness (QED) is 0.479. The molecule has 3 fully saturated rings. The fraction of sp³-hybridized carbons (Fsp3) is 0.957. The molecular formula is C23H45N5O. The predicted octanol–water partition coefficient (Wildman–Crippen LogP) is 2.70. The number of guanidine groups is 1. The van der Waals surface area contributed by atoms with E-state index in [1.807, 2.05) is 0 Å². The second kappa shape index (κ2) is 12.8. The van der Waals surface area contributed by atoms with Crippen molar-refractivity contribution in [1.82, 2.24) is 20.4 Å². The SMILES string of the molecule is CCNC(=NCC1CCN(CCOC)CC1)NC1CCN(C2CCCCC2)CC1. The molecule has 0 aromatic heterocycles. The van der Waals surface area contributed by atoms with Crippen molar-refractivity contribution in [2.24, 2.45) is 10.9 Å². The van der Waals surface area contributed by atoms with Crippen LogP contribution in [0.4, 0.5) is 0 Å². The zero-order valence-electron chi connectivity index (χ0n) is 19.0. The normalized spacial score (nSPS) is 24.7. The molecule has 6 heteroatoms. The molecule has 0 bridgehead atoms. The van der Waals surface area contributed by atoms with Gasteiger partial charge in [-0.05, 0) is 64.5 Å². The molecular weight excluding hydrogens is 362 g/mol. The largest absolute Gasteiger partial charge is 0.383 e. The van der Waals surface area contributed by atoms with Crippen molar-refractivity contribution >= 4 is 5.96 Å². The Balaban J connectivity index is 1.38. The van der Waals surface area contributed by atoms with E-state index in [4.69, 9.17) is 9.73 Å². The van der Waals surface area contributed by atoms with Gasteiger partial charge in [-0.15, -0.1) is 0 Å². The van der Waals surface area contributed by atoms with Gasteiger partial charge in [0.2, 0.25) is 0 Å². The molecule has 0 aromatic carbocycles. The standard InChI is InChI=1S/C23H45N5O/c1-3-24-23(25-19-20-9-13-27(14-10-20)17-18-29-2)26-21-11-15-28(16-12-21)22-7-5-4-6-8-22/h20-22H,3-19H2,1-2H3,(H2,24,25,26). The van der Waals surface area contributed by atoms with Crippen molar-refractivity contribution < 1.29 is 4.74 Å². The van der Waals surface area contributed by atoms with Crippen LogP contribution in [0.5, 0.6) is 0 Å². The van der Waals surface area contributed by atoms with Gasteiger partial charge in [-0.1, -0.05) is 19.3 Å². The molecule has 29 heavy (non-hydrogen) atoms. The zero-order valence-corrected chi connectivity index (χ0v) is 19.0. The Hall–Kier alpha value is -0.850. The number of nitrogens with zero attached hydrogens (tertiary/aromatic N) is 3. The molecule has 0 amide bonds. The van der Waals surface area contributed by atoms with Gasteiger partial charge in [-0.3, -0.25) is 4.99 Å². The van der Waals surface area contributed by atoms with E-state index in [0.29, 0.717) is 6.04 Å². The first-order valence-electron chi connectivity index (χ1n) is 12.3. The van der Waals surface area contributed by atoms with Crippen molar-refractivity contribution in [3.05, 3.63) is 0 Å². The summed E-state index contributed by atoms with van der Waals surface area (Å²) in [6.07, 6.45) is 12.2. The highest BCUT2D eigenvalue weighted by molar-refractivity contribution is 5.80. The molecule has 0 spiro atoms. The Morgan fingerprint density at radius 2 is 1.69 bits per heavy atom. The molecule has 2 heterocycles. The summed E-state index contributed by atoms with van der Waals surface area (Å²) in [4.78, 5) is 10.2. The fourth-order valence-corrected chi connectivity index (χ4v) is 5.20. The third-order valence-electron chi connectivity index (χ3n) is 7.13. The van der Waals surface area contributed by atoms with Gasteiger partial charge in [0, 0.05) is 51.9 Å². The Labute approximate surface area is 178 Å². The zero-order chi connectivity index (χ0) is 20.3. The van der Waals surface area contributed by atoms with Gasteiger partial charge in [-0.2, -0.15) is 0 Å². The maximum atomic E-state index is 5.21. The van der Waals surface area contributed by atoms with E-state index in [-0.39, 0.29) is 0 Å². The average Bonchev–Trinajstić information content (AvgIpc) is 2.78. The molecule has 6 nitrogen and oxygen atoms in total. The van der Waals surface area contributed by atoms with Gasteiger partial charge >= 0.3 is 0 Å². The summed E-state index contributed by atoms with van der Waals surface area (Å²) in [6, 6.07) is 1.44. The van der Waals surface area contributed by atoms with Crippen LogP contribution in [0.3, 0.4) is 0 Å². The fourth-order valence-electron chi connectivity index (χ4n) is 5.20. The number of hydrogen-bond donors (Lipinski definition) is 2. The van der Waals surface area contributed by atoms with Crippen LogP contribution in [0.15, 0.2) is 4.99 Å². The first-order valence-corrected chi connectivity index (χ1v) is 12.3. The monoisotopic (exact) mass is 407 g/mol. The molecule has 0 atom stereocenters. The van der Waals surface area contributed by atoms with Crippen molar-refractivity contribution in [3.8, 4) is 0 Å². The van der Waals surface area contributed by atoms with Crippen LogP contribution in [0.1, 0.15) is 64.7 Å². The van der Waals surface area contributed by atoms with Crippen LogP contribution in [-0.4, -0.2) is 87.4 Å². The number of rotatable bonds is 8. The van der Waals surface area contributed by atoms with Crippen LogP contribution in [0, 0.1) is 5.92 Å². The molecule has 3 rings (SSSR count). The van der Waals surface area contributed by atoms with Crippen LogP contribution in [0.2, 0.25) is 0 Å². The van der Waals surface area contributed by atoms with Gasteiger partial charge in [0.25, 0.3) is 0 Å². The predicted molar refractivity (Wildman–Crippen MR) is 122 cm³/mol. The van der Waals surface area contributed by atoms with Crippen LogP contribution in [0.25, 0.3) is 0 Å². The lowest BCUT2D eigenvalue weighted by atomic mass is 9.92. The maximum Gasteiger partial charge on any atom is 0.191 e. The van der Waals surface area contributed by atoms with Crippen molar-refractivity contribution in [2.75, 3.05) is 59.5 Å². The van der Waals surface area contributed by atoms with E-state index < -0.39 is 0 Å². The highest BCUT2D eigenvalue weighted by atomic mass is 16.5. The van der Waals surface area contributed by atoms with E-state index in [1.54, 1.807) is 7.11 Å². The summed E-state index contributed by atoms with van der Waals surface area (Å²) in [5.74, 6) is 1.75. The van der Waals surface area contributed by atoms with Gasteiger partial charge in [0.1, 0.15) is 0 Å². The lowest BCUT2D eigenvalue weighted by molar-refractivity contribution is 0.119. The molecule has 0 radical (unpaired) electrons. The third kappa shape index (κ3) is 7.72. The minimum Gasteiger partial charge on any atom is -0.383 e. The molecule has 2 saturated heterocycles. The Morgan fingerprint density at radius 1 is 0.966 bits per heavy atom. The van der Waals surface area contributed by atoms with E-state index >= 15 is 0 Å². The molecule has 0 aromatic rings. The Morgan fingerprint density at radius 3 is 2.34 bits per heavy atom. The second-order valence-corrected chi connectivity index (χ2v) is 9.24. The maximum absolute atomic E-state index is 5.21. The molecule has 1 aliphatic carbocycles. The van der Waals surface area contributed by atoms with Gasteiger partial charge in [-0.25, -0.2) is 0 Å². The van der Waals surface area contributed by atoms with Crippen molar-refractivity contribution in [3.63, 3.8) is 0 Å². The molecule has 2 aliphatic heterocycles. The minimum absolute atomic E-state index is 0.573.